The Morgan fingerprint density at radius 3 is 2.75 bits per heavy atom. The summed E-state index contributed by atoms with van der Waals surface area (Å²) in [5.74, 6) is -2.45. The Morgan fingerprint density at radius 2 is 2.15 bits per heavy atom. The van der Waals surface area contributed by atoms with Crippen molar-refractivity contribution in [2.24, 2.45) is 0 Å². The standard InChI is InChI=1S/C14H18F2N2OS/c1-17-9-11-3-2-8-18(11)13(19)10-4-6-12(7-5-10)20-14(15)16/h4-7,11,14,17H,2-3,8-9H2,1H3. The van der Waals surface area contributed by atoms with Crippen LogP contribution in [0.2, 0.25) is 0 Å². The first kappa shape index (κ1) is 15.3. The number of thioether (sulfide) groups is 1. The molecule has 110 valence electrons. The minimum absolute atomic E-state index is 0.0173. The fraction of sp³-hybridized carbons (Fsp3) is 0.500. The van der Waals surface area contributed by atoms with Gasteiger partial charge in [0.1, 0.15) is 0 Å². The molecule has 1 aromatic rings. The predicted molar refractivity (Wildman–Crippen MR) is 76.3 cm³/mol. The molecule has 3 nitrogen and oxygen atoms in total. The Hall–Kier alpha value is -1.14. The molecule has 0 radical (unpaired) electrons. The topological polar surface area (TPSA) is 32.3 Å². The quantitative estimate of drug-likeness (QED) is 0.849. The average molecular weight is 300 g/mol. The normalized spacial score (nSPS) is 18.8. The largest absolute Gasteiger partial charge is 0.334 e. The first-order chi connectivity index (χ1) is 9.61. The molecular formula is C14H18F2N2OS. The van der Waals surface area contributed by atoms with Gasteiger partial charge < -0.3 is 10.2 Å². The van der Waals surface area contributed by atoms with E-state index in [1.165, 1.54) is 0 Å². The molecule has 1 atom stereocenters. The van der Waals surface area contributed by atoms with E-state index in [2.05, 4.69) is 5.32 Å². The van der Waals surface area contributed by atoms with Crippen molar-refractivity contribution in [2.45, 2.75) is 29.5 Å². The molecule has 0 spiro atoms. The second-order valence-corrected chi connectivity index (χ2v) is 5.82. The number of halogens is 2. The number of amides is 1. The molecule has 1 aromatic carbocycles. The van der Waals surface area contributed by atoms with E-state index in [1.54, 1.807) is 24.3 Å². The van der Waals surface area contributed by atoms with E-state index in [0.717, 1.165) is 25.9 Å². The number of nitrogens with one attached hydrogen (secondary N) is 1. The van der Waals surface area contributed by atoms with Gasteiger partial charge in [-0.3, -0.25) is 4.79 Å². The van der Waals surface area contributed by atoms with Gasteiger partial charge in [-0.25, -0.2) is 0 Å². The van der Waals surface area contributed by atoms with E-state index < -0.39 is 5.76 Å². The molecule has 0 aromatic heterocycles. The Morgan fingerprint density at radius 1 is 1.45 bits per heavy atom. The monoisotopic (exact) mass is 300 g/mol. The summed E-state index contributed by atoms with van der Waals surface area (Å²) in [6, 6.07) is 6.63. The smallest absolute Gasteiger partial charge is 0.288 e. The molecule has 2 rings (SSSR count). The molecule has 1 unspecified atom stereocenters. The van der Waals surface area contributed by atoms with Gasteiger partial charge in [0.25, 0.3) is 11.7 Å². The van der Waals surface area contributed by atoms with E-state index in [4.69, 9.17) is 0 Å². The van der Waals surface area contributed by atoms with Crippen LogP contribution in [0.4, 0.5) is 8.78 Å². The number of hydrogen-bond donors (Lipinski definition) is 1. The van der Waals surface area contributed by atoms with Gasteiger partial charge >= 0.3 is 0 Å². The number of alkyl halides is 2. The Bertz CT molecular complexity index is 453. The van der Waals surface area contributed by atoms with E-state index in [0.29, 0.717) is 22.2 Å². The Labute approximate surface area is 121 Å². The third-order valence-electron chi connectivity index (χ3n) is 3.40. The zero-order chi connectivity index (χ0) is 14.5. The molecule has 6 heteroatoms. The predicted octanol–water partition coefficient (Wildman–Crippen LogP) is 2.83. The fourth-order valence-electron chi connectivity index (χ4n) is 2.50. The van der Waals surface area contributed by atoms with Gasteiger partial charge in [0.15, 0.2) is 0 Å². The van der Waals surface area contributed by atoms with Gasteiger partial charge in [0.2, 0.25) is 0 Å². The summed E-state index contributed by atoms with van der Waals surface area (Å²) in [6.07, 6.45) is 2.02. The van der Waals surface area contributed by atoms with Gasteiger partial charge in [-0.2, -0.15) is 8.78 Å². The maximum atomic E-state index is 12.4. The van der Waals surface area contributed by atoms with Crippen LogP contribution in [-0.4, -0.2) is 42.7 Å². The fourth-order valence-corrected chi connectivity index (χ4v) is 2.99. The summed E-state index contributed by atoms with van der Waals surface area (Å²) in [7, 11) is 1.87. The summed E-state index contributed by atoms with van der Waals surface area (Å²) >= 11 is 0.492. The van der Waals surface area contributed by atoms with Crippen molar-refractivity contribution in [1.29, 1.82) is 0 Å². The lowest BCUT2D eigenvalue weighted by molar-refractivity contribution is 0.0737. The molecule has 1 aliphatic heterocycles. The minimum Gasteiger partial charge on any atom is -0.334 e. The number of rotatable bonds is 5. The zero-order valence-corrected chi connectivity index (χ0v) is 12.1. The van der Waals surface area contributed by atoms with Crippen molar-refractivity contribution < 1.29 is 13.6 Å². The summed E-state index contributed by atoms with van der Waals surface area (Å²) in [5, 5.41) is 3.10. The summed E-state index contributed by atoms with van der Waals surface area (Å²) in [5.41, 5.74) is 0.562. The van der Waals surface area contributed by atoms with E-state index >= 15 is 0 Å². The first-order valence-corrected chi connectivity index (χ1v) is 7.50. The van der Waals surface area contributed by atoms with Gasteiger partial charge in [-0.1, -0.05) is 11.8 Å². The molecule has 0 bridgehead atoms. The lowest BCUT2D eigenvalue weighted by atomic mass is 10.1. The van der Waals surface area contributed by atoms with Crippen LogP contribution in [0, 0.1) is 0 Å². The number of carbonyl (C=O) groups is 1. The van der Waals surface area contributed by atoms with Crippen LogP contribution in [0.1, 0.15) is 23.2 Å². The summed E-state index contributed by atoms with van der Waals surface area (Å²) < 4.78 is 24.5. The number of hydrogen-bond acceptors (Lipinski definition) is 3. The van der Waals surface area contributed by atoms with Crippen LogP contribution < -0.4 is 5.32 Å². The molecule has 1 amide bonds. The number of likely N-dealkylation sites (N-methyl/N-ethyl adjacent to an activating group) is 1. The highest BCUT2D eigenvalue weighted by Crippen LogP contribution is 2.26. The van der Waals surface area contributed by atoms with E-state index in [-0.39, 0.29) is 11.9 Å². The van der Waals surface area contributed by atoms with Crippen molar-refractivity contribution in [3.05, 3.63) is 29.8 Å². The highest BCUT2D eigenvalue weighted by molar-refractivity contribution is 7.99. The molecule has 0 aliphatic carbocycles. The lowest BCUT2D eigenvalue weighted by Crippen LogP contribution is -2.40. The third kappa shape index (κ3) is 3.70. The van der Waals surface area contributed by atoms with Crippen molar-refractivity contribution >= 4 is 17.7 Å². The van der Waals surface area contributed by atoms with Crippen molar-refractivity contribution in [3.63, 3.8) is 0 Å². The van der Waals surface area contributed by atoms with Crippen LogP contribution >= 0.6 is 11.8 Å². The lowest BCUT2D eigenvalue weighted by Gasteiger charge is -2.24. The molecule has 20 heavy (non-hydrogen) atoms. The molecule has 1 heterocycles. The second kappa shape index (κ2) is 7.04. The highest BCUT2D eigenvalue weighted by atomic mass is 32.2. The van der Waals surface area contributed by atoms with Gasteiger partial charge in [0, 0.05) is 29.6 Å². The SMILES string of the molecule is CNCC1CCCN1C(=O)c1ccc(SC(F)F)cc1. The molecule has 1 aliphatic rings. The van der Waals surface area contributed by atoms with Crippen LogP contribution in [-0.2, 0) is 0 Å². The van der Waals surface area contributed by atoms with Crippen LogP contribution in [0.3, 0.4) is 0 Å². The van der Waals surface area contributed by atoms with E-state index in [9.17, 15) is 13.6 Å². The molecule has 0 saturated carbocycles. The summed E-state index contributed by atoms with van der Waals surface area (Å²) in [4.78, 5) is 14.8. The number of likely N-dealkylation sites (tertiary alicyclic amines) is 1. The number of nitrogens with zero attached hydrogens (tertiary/aromatic N) is 1. The minimum atomic E-state index is -2.44. The van der Waals surface area contributed by atoms with Gasteiger partial charge in [-0.15, -0.1) is 0 Å². The van der Waals surface area contributed by atoms with Crippen molar-refractivity contribution in [2.75, 3.05) is 20.1 Å². The molecule has 1 fully saturated rings. The zero-order valence-electron chi connectivity index (χ0n) is 11.3. The molecule has 1 N–H and O–H groups in total. The summed E-state index contributed by atoms with van der Waals surface area (Å²) in [6.45, 7) is 1.55. The maximum absolute atomic E-state index is 12.4. The highest BCUT2D eigenvalue weighted by Gasteiger charge is 2.28. The van der Waals surface area contributed by atoms with Crippen LogP contribution in [0.5, 0.6) is 0 Å². The molecular weight excluding hydrogens is 282 g/mol. The van der Waals surface area contributed by atoms with E-state index in [1.807, 2.05) is 11.9 Å². The van der Waals surface area contributed by atoms with Gasteiger partial charge in [-0.05, 0) is 44.2 Å². The third-order valence-corrected chi connectivity index (χ3v) is 4.13. The Balaban J connectivity index is 2.05. The Kier molecular flexibility index (Phi) is 5.37. The number of benzene rings is 1. The van der Waals surface area contributed by atoms with Crippen molar-refractivity contribution in [1.82, 2.24) is 10.2 Å². The van der Waals surface area contributed by atoms with Crippen LogP contribution in [0.25, 0.3) is 0 Å². The van der Waals surface area contributed by atoms with Gasteiger partial charge in [0.05, 0.1) is 0 Å². The second-order valence-electron chi connectivity index (χ2n) is 4.76. The number of carbonyl (C=O) groups excluding carboxylic acids is 1. The van der Waals surface area contributed by atoms with Crippen LogP contribution in [0.15, 0.2) is 29.2 Å². The average Bonchev–Trinajstić information content (AvgIpc) is 2.87. The molecule has 1 saturated heterocycles. The first-order valence-electron chi connectivity index (χ1n) is 6.62. The van der Waals surface area contributed by atoms with Crippen molar-refractivity contribution in [3.8, 4) is 0 Å². The maximum Gasteiger partial charge on any atom is 0.288 e.